The van der Waals surface area contributed by atoms with E-state index < -0.39 is 59.3 Å². The molecule has 46 heavy (non-hydrogen) atoms. The maximum Gasteiger partial charge on any atom is 0.404 e. The van der Waals surface area contributed by atoms with Gasteiger partial charge in [-0.25, -0.2) is 9.59 Å². The van der Waals surface area contributed by atoms with E-state index >= 15 is 0 Å². The normalized spacial score (nSPS) is 20.6. The van der Waals surface area contributed by atoms with Crippen LogP contribution in [0.4, 0.5) is 10.5 Å². The summed E-state index contributed by atoms with van der Waals surface area (Å²) in [5.41, 5.74) is 5.58. The fourth-order valence-electron chi connectivity index (χ4n) is 5.61. The number of aliphatic hydroxyl groups excluding tert-OH is 1. The number of aliphatic hydroxyl groups is 1. The maximum atomic E-state index is 13.0. The van der Waals surface area contributed by atoms with Crippen LogP contribution in [0.25, 0.3) is 11.0 Å². The number of aromatic hydroxyl groups is 1. The van der Waals surface area contributed by atoms with Crippen LogP contribution in [0.1, 0.15) is 40.9 Å². The molecule has 2 heterocycles. The lowest BCUT2D eigenvalue weighted by Gasteiger charge is -2.47. The van der Waals surface area contributed by atoms with Gasteiger partial charge in [0.25, 0.3) is 5.91 Å². The van der Waals surface area contributed by atoms with Gasteiger partial charge in [-0.05, 0) is 69.0 Å². The van der Waals surface area contributed by atoms with E-state index in [9.17, 15) is 24.6 Å². The Bertz CT molecular complexity index is 1790. The lowest BCUT2D eigenvalue weighted by atomic mass is 9.89. The van der Waals surface area contributed by atoms with E-state index in [0.29, 0.717) is 11.1 Å². The minimum absolute atomic E-state index is 0.00923. The molecule has 2 amide bonds. The van der Waals surface area contributed by atoms with Gasteiger partial charge < -0.3 is 44.6 Å². The summed E-state index contributed by atoms with van der Waals surface area (Å²) < 4.78 is 28.0. The van der Waals surface area contributed by atoms with E-state index in [0.717, 1.165) is 18.4 Å². The topological polar surface area (TPSA) is 180 Å². The van der Waals surface area contributed by atoms with Gasteiger partial charge in [0.2, 0.25) is 6.29 Å². The van der Waals surface area contributed by atoms with E-state index in [1.165, 1.54) is 24.8 Å². The number of anilines is 1. The van der Waals surface area contributed by atoms with Crippen molar-refractivity contribution in [1.29, 1.82) is 0 Å². The third-order valence-electron chi connectivity index (χ3n) is 8.02. The van der Waals surface area contributed by atoms with Crippen LogP contribution in [-0.4, -0.2) is 59.5 Å². The molecule has 0 spiro atoms. The third-order valence-corrected chi connectivity index (χ3v) is 8.02. The average molecular weight is 633 g/mol. The molecule has 5 rings (SSSR count). The van der Waals surface area contributed by atoms with E-state index in [-0.39, 0.29) is 16.7 Å². The molecule has 0 aliphatic carbocycles. The van der Waals surface area contributed by atoms with Crippen molar-refractivity contribution in [3.8, 4) is 11.5 Å². The van der Waals surface area contributed by atoms with Crippen molar-refractivity contribution in [2.24, 2.45) is 5.73 Å². The Morgan fingerprint density at radius 2 is 1.65 bits per heavy atom. The van der Waals surface area contributed by atoms with Crippen LogP contribution in [0, 0.1) is 6.92 Å². The van der Waals surface area contributed by atoms with Crippen molar-refractivity contribution in [2.75, 3.05) is 12.4 Å². The van der Waals surface area contributed by atoms with Crippen molar-refractivity contribution in [3.05, 3.63) is 99.4 Å². The summed E-state index contributed by atoms with van der Waals surface area (Å²) in [5, 5.41) is 24.6. The van der Waals surface area contributed by atoms with Gasteiger partial charge >= 0.3 is 11.7 Å². The smallest absolute Gasteiger partial charge is 0.404 e. The van der Waals surface area contributed by atoms with Crippen LogP contribution in [0.3, 0.4) is 0 Å². The number of carbonyl (C=O) groups is 2. The molecule has 1 aliphatic rings. The average Bonchev–Trinajstić information content (AvgIpc) is 3.02. The van der Waals surface area contributed by atoms with Crippen molar-refractivity contribution >= 4 is 28.7 Å². The quantitative estimate of drug-likeness (QED) is 0.195. The molecule has 242 valence electrons. The van der Waals surface area contributed by atoms with Gasteiger partial charge in [-0.2, -0.15) is 0 Å². The largest absolute Gasteiger partial charge is 0.505 e. The Labute approximate surface area is 264 Å². The van der Waals surface area contributed by atoms with Gasteiger partial charge in [0.05, 0.1) is 11.0 Å². The second-order valence-electron chi connectivity index (χ2n) is 11.6. The highest BCUT2D eigenvalue weighted by Gasteiger charge is 2.53. The summed E-state index contributed by atoms with van der Waals surface area (Å²) in [6, 6.07) is 20.0. The molecule has 1 fully saturated rings. The van der Waals surface area contributed by atoms with Crippen molar-refractivity contribution in [3.63, 3.8) is 0 Å². The number of hydrogen-bond acceptors (Lipinski definition) is 10. The lowest BCUT2D eigenvalue weighted by molar-refractivity contribution is -0.304. The van der Waals surface area contributed by atoms with Gasteiger partial charge in [0.15, 0.2) is 23.6 Å². The summed E-state index contributed by atoms with van der Waals surface area (Å²) in [6.07, 6.45) is -4.38. The number of benzene rings is 3. The molecule has 12 heteroatoms. The molecule has 5 N–H and O–H groups in total. The summed E-state index contributed by atoms with van der Waals surface area (Å²) in [5.74, 6) is -0.934. The standard InChI is InChI=1S/C34H36N2O10/c1-18-23(43-32-26(38)28(45-33(35)41)29(42-4)34(2,3)46-32)17-16-22-25(37)24(31(40)44-27(18)22)36-30(39)21-14-12-20(13-15-21)11-10-19-8-6-5-7-9-19/h5-9,12-17,26,28-29,32,37-38H,10-11H2,1-4H3,(H2,35,41)(H,36,39)/t26-,28+,29-,32-/m1/s1. The molecule has 0 bridgehead atoms. The first-order valence-electron chi connectivity index (χ1n) is 14.6. The van der Waals surface area contributed by atoms with Gasteiger partial charge in [0, 0.05) is 18.2 Å². The second kappa shape index (κ2) is 13.2. The lowest BCUT2D eigenvalue weighted by Crippen LogP contribution is -2.65. The molecular weight excluding hydrogens is 596 g/mol. The molecule has 0 unspecified atom stereocenters. The fourth-order valence-corrected chi connectivity index (χ4v) is 5.61. The minimum Gasteiger partial charge on any atom is -0.505 e. The Balaban J connectivity index is 1.34. The van der Waals surface area contributed by atoms with Crippen molar-refractivity contribution in [1.82, 2.24) is 0 Å². The van der Waals surface area contributed by atoms with E-state index in [1.54, 1.807) is 32.9 Å². The molecule has 1 aliphatic heterocycles. The highest BCUT2D eigenvalue weighted by Crippen LogP contribution is 2.38. The first-order chi connectivity index (χ1) is 21.9. The van der Waals surface area contributed by atoms with E-state index in [2.05, 4.69) is 17.4 Å². The van der Waals surface area contributed by atoms with Gasteiger partial charge in [0.1, 0.15) is 17.4 Å². The predicted octanol–water partition coefficient (Wildman–Crippen LogP) is 4.20. The molecule has 1 saturated heterocycles. The number of aryl methyl sites for hydroxylation is 3. The number of hydrogen-bond donors (Lipinski definition) is 4. The van der Waals surface area contributed by atoms with Crippen LogP contribution >= 0.6 is 0 Å². The molecule has 0 saturated carbocycles. The van der Waals surface area contributed by atoms with Crippen molar-refractivity contribution in [2.45, 2.75) is 63.8 Å². The molecule has 0 radical (unpaired) electrons. The summed E-state index contributed by atoms with van der Waals surface area (Å²) in [7, 11) is 1.38. The van der Waals surface area contributed by atoms with E-state index in [1.807, 2.05) is 30.3 Å². The zero-order valence-corrected chi connectivity index (χ0v) is 25.8. The first kappa shape index (κ1) is 32.5. The van der Waals surface area contributed by atoms with Gasteiger partial charge in [-0.3, -0.25) is 4.79 Å². The number of carbonyl (C=O) groups excluding carboxylic acids is 2. The number of fused-ring (bicyclic) bond motifs is 1. The van der Waals surface area contributed by atoms with Crippen molar-refractivity contribution < 1.29 is 43.2 Å². The second-order valence-corrected chi connectivity index (χ2v) is 11.6. The van der Waals surface area contributed by atoms with Gasteiger partial charge in [-0.15, -0.1) is 0 Å². The minimum atomic E-state index is -1.50. The van der Waals surface area contributed by atoms with Crippen LogP contribution in [0.5, 0.6) is 11.5 Å². The maximum absolute atomic E-state index is 13.0. The SMILES string of the molecule is CO[C@@H]1[C@@H](OC(N)=O)[C@@H](O)[C@H](Oc2ccc3c(O)c(NC(=O)c4ccc(CCc5ccccc5)cc4)c(=O)oc3c2C)OC1(C)C. The summed E-state index contributed by atoms with van der Waals surface area (Å²) in [6.45, 7) is 4.91. The number of nitrogens with one attached hydrogen (secondary N) is 1. The van der Waals surface area contributed by atoms with E-state index in [4.69, 9.17) is 29.1 Å². The Kier molecular flexibility index (Phi) is 9.33. The fraction of sp³-hybridized carbons (Fsp3) is 0.324. The number of ether oxygens (including phenoxy) is 4. The molecule has 4 aromatic rings. The number of methoxy groups -OCH3 is 1. The summed E-state index contributed by atoms with van der Waals surface area (Å²) >= 11 is 0. The molecule has 1 aromatic heterocycles. The number of rotatable bonds is 9. The number of nitrogens with two attached hydrogens (primary N) is 1. The van der Waals surface area contributed by atoms with Crippen LogP contribution in [0.15, 0.2) is 75.9 Å². The molecular formula is C34H36N2O10. The zero-order chi connectivity index (χ0) is 33.2. The summed E-state index contributed by atoms with van der Waals surface area (Å²) in [4.78, 5) is 37.5. The van der Waals surface area contributed by atoms with Crippen LogP contribution in [0.2, 0.25) is 0 Å². The first-order valence-corrected chi connectivity index (χ1v) is 14.6. The van der Waals surface area contributed by atoms with Crippen LogP contribution < -0.4 is 21.4 Å². The number of primary amides is 1. The highest BCUT2D eigenvalue weighted by atomic mass is 16.7. The number of amides is 2. The molecule has 4 atom stereocenters. The Morgan fingerprint density at radius 3 is 2.28 bits per heavy atom. The molecule has 12 nitrogen and oxygen atoms in total. The van der Waals surface area contributed by atoms with Crippen LogP contribution in [-0.2, 0) is 27.1 Å². The monoisotopic (exact) mass is 632 g/mol. The Hall–Kier alpha value is -4.91. The molecule has 3 aromatic carbocycles. The zero-order valence-electron chi connectivity index (χ0n) is 25.8. The Morgan fingerprint density at radius 1 is 1.00 bits per heavy atom. The highest BCUT2D eigenvalue weighted by molar-refractivity contribution is 6.06. The third kappa shape index (κ3) is 6.69. The predicted molar refractivity (Wildman–Crippen MR) is 168 cm³/mol. The van der Waals surface area contributed by atoms with Gasteiger partial charge in [-0.1, -0.05) is 42.5 Å².